The molecule has 2 atom stereocenters. The lowest BCUT2D eigenvalue weighted by Crippen LogP contribution is -2.29. The van der Waals surface area contributed by atoms with Crippen molar-refractivity contribution in [3.63, 3.8) is 0 Å². The Labute approximate surface area is 226 Å². The van der Waals surface area contributed by atoms with E-state index >= 15 is 0 Å². The van der Waals surface area contributed by atoms with E-state index in [0.29, 0.717) is 28.6 Å². The first-order valence-electron chi connectivity index (χ1n) is 12.0. The number of ether oxygens (including phenoxy) is 1. The smallest absolute Gasteiger partial charge is 0.253 e. The SMILES string of the molecule is COCC(C)n1c(C)cc(C(=O)Cn2c(C(C)NC(=O)c3ccc(Cl)cc3Cl)nc3ccccc32)c1C. The number of Topliss-reactive ketones (excluding diaryl/α,β-unsaturated/α-hetero) is 1. The molecule has 0 radical (unpaired) electrons. The van der Waals surface area contributed by atoms with Crippen molar-refractivity contribution in [1.82, 2.24) is 19.4 Å². The van der Waals surface area contributed by atoms with E-state index in [0.717, 1.165) is 22.4 Å². The van der Waals surface area contributed by atoms with Crippen LogP contribution in [-0.2, 0) is 11.3 Å². The number of halogens is 2. The van der Waals surface area contributed by atoms with Crippen LogP contribution in [0.4, 0.5) is 0 Å². The van der Waals surface area contributed by atoms with Gasteiger partial charge in [-0.1, -0.05) is 35.3 Å². The van der Waals surface area contributed by atoms with Crippen molar-refractivity contribution in [1.29, 1.82) is 0 Å². The number of imidazole rings is 1. The Morgan fingerprint density at radius 1 is 1.05 bits per heavy atom. The highest BCUT2D eigenvalue weighted by atomic mass is 35.5. The van der Waals surface area contributed by atoms with Gasteiger partial charge in [-0.05, 0) is 64.1 Å². The highest BCUT2D eigenvalue weighted by molar-refractivity contribution is 6.36. The summed E-state index contributed by atoms with van der Waals surface area (Å²) in [5, 5.41) is 3.67. The van der Waals surface area contributed by atoms with Crippen molar-refractivity contribution >= 4 is 45.9 Å². The van der Waals surface area contributed by atoms with Crippen LogP contribution in [0.2, 0.25) is 10.0 Å². The number of para-hydroxylation sites is 2. The Morgan fingerprint density at radius 2 is 1.78 bits per heavy atom. The van der Waals surface area contributed by atoms with E-state index in [2.05, 4.69) is 16.8 Å². The molecule has 0 aliphatic carbocycles. The lowest BCUT2D eigenvalue weighted by Gasteiger charge is -2.18. The average Bonchev–Trinajstić information content (AvgIpc) is 3.35. The minimum Gasteiger partial charge on any atom is -0.383 e. The second-order valence-corrected chi connectivity index (χ2v) is 10.1. The Bertz CT molecular complexity index is 1470. The topological polar surface area (TPSA) is 78.1 Å². The predicted octanol–water partition coefficient (Wildman–Crippen LogP) is 6.34. The van der Waals surface area contributed by atoms with Crippen molar-refractivity contribution < 1.29 is 14.3 Å². The van der Waals surface area contributed by atoms with Gasteiger partial charge in [-0.3, -0.25) is 9.59 Å². The van der Waals surface area contributed by atoms with Crippen LogP contribution >= 0.6 is 23.2 Å². The molecular formula is C28H30Cl2N4O3. The first-order valence-corrected chi connectivity index (χ1v) is 12.8. The van der Waals surface area contributed by atoms with Crippen LogP contribution in [-0.4, -0.2) is 39.5 Å². The van der Waals surface area contributed by atoms with Gasteiger partial charge in [-0.25, -0.2) is 4.98 Å². The zero-order chi connectivity index (χ0) is 26.9. The van der Waals surface area contributed by atoms with E-state index in [9.17, 15) is 9.59 Å². The number of amides is 1. The lowest BCUT2D eigenvalue weighted by molar-refractivity contribution is 0.0938. The summed E-state index contributed by atoms with van der Waals surface area (Å²) in [7, 11) is 1.67. The largest absolute Gasteiger partial charge is 0.383 e. The maximum atomic E-state index is 13.6. The molecule has 1 N–H and O–H groups in total. The van der Waals surface area contributed by atoms with Crippen LogP contribution in [0.5, 0.6) is 0 Å². The number of aromatic nitrogens is 3. The summed E-state index contributed by atoms with van der Waals surface area (Å²) in [4.78, 5) is 31.3. The average molecular weight is 541 g/mol. The molecule has 2 unspecified atom stereocenters. The van der Waals surface area contributed by atoms with Gasteiger partial charge in [-0.15, -0.1) is 0 Å². The summed E-state index contributed by atoms with van der Waals surface area (Å²) in [6.45, 7) is 8.49. The van der Waals surface area contributed by atoms with Gasteiger partial charge in [0.2, 0.25) is 0 Å². The molecule has 194 valence electrons. The van der Waals surface area contributed by atoms with Gasteiger partial charge in [0.15, 0.2) is 5.78 Å². The number of fused-ring (bicyclic) bond motifs is 1. The lowest BCUT2D eigenvalue weighted by atomic mass is 10.1. The maximum absolute atomic E-state index is 13.6. The zero-order valence-electron chi connectivity index (χ0n) is 21.5. The van der Waals surface area contributed by atoms with E-state index in [-0.39, 0.29) is 29.3 Å². The fraction of sp³-hybridized carbons (Fsp3) is 0.321. The summed E-state index contributed by atoms with van der Waals surface area (Å²) in [6, 6.07) is 13.9. The quantitative estimate of drug-likeness (QED) is 0.251. The van der Waals surface area contributed by atoms with E-state index in [1.54, 1.807) is 19.2 Å². The van der Waals surface area contributed by atoms with Gasteiger partial charge < -0.3 is 19.2 Å². The zero-order valence-corrected chi connectivity index (χ0v) is 23.0. The second-order valence-electron chi connectivity index (χ2n) is 9.25. The van der Waals surface area contributed by atoms with Crippen LogP contribution < -0.4 is 5.32 Å². The molecule has 2 aromatic carbocycles. The molecular weight excluding hydrogens is 511 g/mol. The number of rotatable bonds is 9. The van der Waals surface area contributed by atoms with E-state index < -0.39 is 6.04 Å². The number of ketones is 1. The summed E-state index contributed by atoms with van der Waals surface area (Å²) < 4.78 is 9.32. The minimum absolute atomic E-state index is 0.0346. The van der Waals surface area contributed by atoms with E-state index in [1.165, 1.54) is 6.07 Å². The highest BCUT2D eigenvalue weighted by Gasteiger charge is 2.24. The second kappa shape index (κ2) is 11.1. The predicted molar refractivity (Wildman–Crippen MR) is 147 cm³/mol. The minimum atomic E-state index is -0.492. The first-order chi connectivity index (χ1) is 17.6. The third kappa shape index (κ3) is 5.44. The normalized spacial score (nSPS) is 13.1. The van der Waals surface area contributed by atoms with Crippen LogP contribution in [0.1, 0.15) is 63.9 Å². The highest BCUT2D eigenvalue weighted by Crippen LogP contribution is 2.26. The number of nitrogens with zero attached hydrogens (tertiary/aromatic N) is 3. The van der Waals surface area contributed by atoms with Gasteiger partial charge in [0.05, 0.1) is 46.9 Å². The van der Waals surface area contributed by atoms with Gasteiger partial charge in [-0.2, -0.15) is 0 Å². The monoisotopic (exact) mass is 540 g/mol. The molecule has 0 fully saturated rings. The molecule has 1 amide bonds. The van der Waals surface area contributed by atoms with Crippen molar-refractivity contribution in [2.75, 3.05) is 13.7 Å². The van der Waals surface area contributed by atoms with Crippen molar-refractivity contribution in [3.05, 3.63) is 86.9 Å². The third-order valence-electron chi connectivity index (χ3n) is 6.53. The van der Waals surface area contributed by atoms with Crippen molar-refractivity contribution in [2.24, 2.45) is 0 Å². The fourth-order valence-electron chi connectivity index (χ4n) is 4.89. The number of benzene rings is 2. The maximum Gasteiger partial charge on any atom is 0.253 e. The Kier molecular flexibility index (Phi) is 8.07. The molecule has 0 saturated carbocycles. The fourth-order valence-corrected chi connectivity index (χ4v) is 5.38. The molecule has 0 saturated heterocycles. The van der Waals surface area contributed by atoms with E-state index in [4.69, 9.17) is 32.9 Å². The molecule has 2 heterocycles. The van der Waals surface area contributed by atoms with Gasteiger partial charge >= 0.3 is 0 Å². The molecule has 4 rings (SSSR count). The van der Waals surface area contributed by atoms with Crippen LogP contribution in [0.15, 0.2) is 48.5 Å². The molecule has 0 aliphatic heterocycles. The number of aryl methyl sites for hydroxylation is 1. The Hall–Kier alpha value is -3.13. The molecule has 2 aromatic heterocycles. The molecule has 0 aliphatic rings. The first kappa shape index (κ1) is 26.9. The molecule has 0 spiro atoms. The summed E-state index contributed by atoms with van der Waals surface area (Å²) in [6.07, 6.45) is 0. The number of hydrogen-bond donors (Lipinski definition) is 1. The summed E-state index contributed by atoms with van der Waals surface area (Å²) in [5.41, 5.74) is 4.44. The molecule has 7 nitrogen and oxygen atoms in total. The number of carbonyl (C=O) groups is 2. The number of methoxy groups -OCH3 is 1. The summed E-state index contributed by atoms with van der Waals surface area (Å²) in [5.74, 6) is 0.192. The Morgan fingerprint density at radius 3 is 2.49 bits per heavy atom. The van der Waals surface area contributed by atoms with E-state index in [1.807, 2.05) is 55.7 Å². The van der Waals surface area contributed by atoms with Crippen molar-refractivity contribution in [2.45, 2.75) is 46.3 Å². The summed E-state index contributed by atoms with van der Waals surface area (Å²) >= 11 is 12.2. The van der Waals surface area contributed by atoms with Gasteiger partial charge in [0, 0.05) is 29.1 Å². The standard InChI is InChI=1S/C28H30Cl2N4O3/c1-16-12-22(19(4)34(16)17(2)15-37-5)26(35)14-33-25-9-7-6-8-24(25)32-27(33)18(3)31-28(36)21-11-10-20(29)13-23(21)30/h6-13,17-18H,14-15H2,1-5H3,(H,31,36). The van der Waals surface area contributed by atoms with Crippen LogP contribution in [0, 0.1) is 13.8 Å². The number of nitrogens with one attached hydrogen (secondary N) is 1. The van der Waals surface area contributed by atoms with Gasteiger partial charge in [0.1, 0.15) is 5.82 Å². The molecule has 4 aromatic rings. The third-order valence-corrected chi connectivity index (χ3v) is 7.08. The van der Waals surface area contributed by atoms with Crippen LogP contribution in [0.3, 0.4) is 0 Å². The van der Waals surface area contributed by atoms with Crippen LogP contribution in [0.25, 0.3) is 11.0 Å². The molecule has 0 bridgehead atoms. The van der Waals surface area contributed by atoms with Crippen molar-refractivity contribution in [3.8, 4) is 0 Å². The molecule has 9 heteroatoms. The van der Waals surface area contributed by atoms with Gasteiger partial charge in [0.25, 0.3) is 5.91 Å². The number of hydrogen-bond acceptors (Lipinski definition) is 4. The Balaban J connectivity index is 1.66. The number of carbonyl (C=O) groups excluding carboxylic acids is 2. The molecule has 37 heavy (non-hydrogen) atoms.